The van der Waals surface area contributed by atoms with Gasteiger partial charge in [-0.3, -0.25) is 0 Å². The molecule has 1 aromatic heterocycles. The largest absolute Gasteiger partial charge is 0.389 e. The Hall–Kier alpha value is -0.530. The molecule has 1 aliphatic rings. The first kappa shape index (κ1) is 15.9. The molecule has 0 bridgehead atoms. The highest BCUT2D eigenvalue weighted by Crippen LogP contribution is 2.12. The van der Waals surface area contributed by atoms with E-state index in [1.165, 1.54) is 4.88 Å². The van der Waals surface area contributed by atoms with Gasteiger partial charge in [-0.05, 0) is 19.8 Å². The van der Waals surface area contributed by atoms with E-state index in [4.69, 9.17) is 9.47 Å². The van der Waals surface area contributed by atoms with E-state index < -0.39 is 6.10 Å². The standard InChI is InChI=1S/C14H24N2O3S/c1-11-14(20-10-16-11)4-6-19-9-13(17)7-15-12-3-2-5-18-8-12/h10,12-13,15,17H,2-9H2,1H3. The number of hydrogen-bond donors (Lipinski definition) is 2. The molecule has 2 heterocycles. The fourth-order valence-corrected chi connectivity index (χ4v) is 2.98. The minimum atomic E-state index is -0.459. The molecule has 6 heteroatoms. The van der Waals surface area contributed by atoms with Crippen molar-refractivity contribution < 1.29 is 14.6 Å². The molecule has 0 radical (unpaired) electrons. The molecule has 2 atom stereocenters. The van der Waals surface area contributed by atoms with Gasteiger partial charge in [-0.15, -0.1) is 11.3 Å². The second-order valence-electron chi connectivity index (χ2n) is 5.16. The van der Waals surface area contributed by atoms with Crippen LogP contribution in [0, 0.1) is 6.92 Å². The molecule has 20 heavy (non-hydrogen) atoms. The van der Waals surface area contributed by atoms with Gasteiger partial charge in [0.15, 0.2) is 0 Å². The van der Waals surface area contributed by atoms with Crippen LogP contribution < -0.4 is 5.32 Å². The van der Waals surface area contributed by atoms with Crippen LogP contribution in [0.25, 0.3) is 0 Å². The second-order valence-corrected chi connectivity index (χ2v) is 6.10. The summed E-state index contributed by atoms with van der Waals surface area (Å²) in [5, 5.41) is 13.2. The molecule has 1 aliphatic heterocycles. The van der Waals surface area contributed by atoms with E-state index in [1.807, 2.05) is 12.4 Å². The summed E-state index contributed by atoms with van der Waals surface area (Å²) < 4.78 is 10.9. The fourth-order valence-electron chi connectivity index (χ4n) is 2.21. The van der Waals surface area contributed by atoms with Gasteiger partial charge >= 0.3 is 0 Å². The molecule has 1 aromatic rings. The predicted octanol–water partition coefficient (Wildman–Crippen LogP) is 1.14. The number of aliphatic hydroxyl groups excluding tert-OH is 1. The third kappa shape index (κ3) is 5.46. The summed E-state index contributed by atoms with van der Waals surface area (Å²) in [5.74, 6) is 0. The van der Waals surface area contributed by atoms with Crippen LogP contribution in [-0.4, -0.2) is 55.2 Å². The lowest BCUT2D eigenvalue weighted by atomic mass is 10.1. The minimum Gasteiger partial charge on any atom is -0.389 e. The number of ether oxygens (including phenoxy) is 2. The fraction of sp³-hybridized carbons (Fsp3) is 0.786. The van der Waals surface area contributed by atoms with E-state index in [0.717, 1.165) is 38.2 Å². The SMILES string of the molecule is Cc1ncsc1CCOCC(O)CNC1CCCOC1. The van der Waals surface area contributed by atoms with Crippen LogP contribution in [0.3, 0.4) is 0 Å². The number of aryl methyl sites for hydroxylation is 1. The van der Waals surface area contributed by atoms with Crippen LogP contribution in [0.2, 0.25) is 0 Å². The Morgan fingerprint density at radius 1 is 1.65 bits per heavy atom. The number of hydrogen-bond acceptors (Lipinski definition) is 6. The lowest BCUT2D eigenvalue weighted by molar-refractivity contribution is 0.0279. The molecule has 5 nitrogen and oxygen atoms in total. The van der Waals surface area contributed by atoms with Gasteiger partial charge in [0, 0.05) is 30.5 Å². The van der Waals surface area contributed by atoms with Crippen LogP contribution in [0.15, 0.2) is 5.51 Å². The first-order valence-corrected chi connectivity index (χ1v) is 8.09. The smallest absolute Gasteiger partial charge is 0.0897 e. The molecule has 0 aliphatic carbocycles. The van der Waals surface area contributed by atoms with Crippen molar-refractivity contribution in [1.82, 2.24) is 10.3 Å². The van der Waals surface area contributed by atoms with Gasteiger partial charge in [-0.2, -0.15) is 0 Å². The molecule has 0 aromatic carbocycles. The molecule has 0 amide bonds. The highest BCUT2D eigenvalue weighted by atomic mass is 32.1. The number of aromatic nitrogens is 1. The summed E-state index contributed by atoms with van der Waals surface area (Å²) in [7, 11) is 0. The quantitative estimate of drug-likeness (QED) is 0.705. The normalized spacial score (nSPS) is 21.0. The molecule has 1 saturated heterocycles. The van der Waals surface area contributed by atoms with Crippen LogP contribution >= 0.6 is 11.3 Å². The van der Waals surface area contributed by atoms with Crippen molar-refractivity contribution in [3.05, 3.63) is 16.1 Å². The molecule has 2 N–H and O–H groups in total. The Balaban J connectivity index is 1.51. The van der Waals surface area contributed by atoms with Crippen LogP contribution in [0.5, 0.6) is 0 Å². The van der Waals surface area contributed by atoms with Crippen LogP contribution in [0.4, 0.5) is 0 Å². The molecular weight excluding hydrogens is 276 g/mol. The molecule has 1 fully saturated rings. The van der Waals surface area contributed by atoms with Crippen molar-refractivity contribution >= 4 is 11.3 Å². The first-order chi connectivity index (χ1) is 9.75. The van der Waals surface area contributed by atoms with Gasteiger partial charge in [0.2, 0.25) is 0 Å². The summed E-state index contributed by atoms with van der Waals surface area (Å²) in [4.78, 5) is 5.46. The number of thiazole rings is 1. The van der Waals surface area contributed by atoms with Gasteiger partial charge < -0.3 is 19.9 Å². The zero-order chi connectivity index (χ0) is 14.2. The second kappa shape index (κ2) is 8.69. The van der Waals surface area contributed by atoms with E-state index in [1.54, 1.807) is 11.3 Å². The van der Waals surface area contributed by atoms with Gasteiger partial charge in [0.05, 0.1) is 37.1 Å². The minimum absolute atomic E-state index is 0.373. The summed E-state index contributed by atoms with van der Waals surface area (Å²) in [6.07, 6.45) is 2.63. The lowest BCUT2D eigenvalue weighted by Crippen LogP contribution is -2.42. The van der Waals surface area contributed by atoms with Crippen LogP contribution in [0.1, 0.15) is 23.4 Å². The van der Waals surface area contributed by atoms with E-state index in [9.17, 15) is 5.11 Å². The van der Waals surface area contributed by atoms with Gasteiger partial charge in [-0.25, -0.2) is 4.98 Å². The number of aliphatic hydroxyl groups is 1. The summed E-state index contributed by atoms with van der Waals surface area (Å²) in [6.45, 7) is 5.19. The average molecular weight is 300 g/mol. The van der Waals surface area contributed by atoms with Crippen molar-refractivity contribution in [2.45, 2.75) is 38.3 Å². The van der Waals surface area contributed by atoms with Gasteiger partial charge in [0.25, 0.3) is 0 Å². The van der Waals surface area contributed by atoms with Crippen molar-refractivity contribution in [1.29, 1.82) is 0 Å². The summed E-state index contributed by atoms with van der Waals surface area (Å²) in [5.41, 5.74) is 2.94. The van der Waals surface area contributed by atoms with Crippen molar-refractivity contribution in [2.75, 3.05) is 33.0 Å². The molecule has 2 rings (SSSR count). The molecule has 2 unspecified atom stereocenters. The van der Waals surface area contributed by atoms with Gasteiger partial charge in [-0.1, -0.05) is 0 Å². The van der Waals surface area contributed by atoms with E-state index in [2.05, 4.69) is 10.3 Å². The van der Waals surface area contributed by atoms with E-state index in [0.29, 0.717) is 25.8 Å². The zero-order valence-corrected chi connectivity index (χ0v) is 12.8. The molecule has 0 saturated carbocycles. The van der Waals surface area contributed by atoms with Crippen molar-refractivity contribution in [3.63, 3.8) is 0 Å². The first-order valence-electron chi connectivity index (χ1n) is 7.21. The Bertz CT molecular complexity index is 380. The lowest BCUT2D eigenvalue weighted by Gasteiger charge is -2.24. The van der Waals surface area contributed by atoms with E-state index >= 15 is 0 Å². The summed E-state index contributed by atoms with van der Waals surface area (Å²) >= 11 is 1.66. The van der Waals surface area contributed by atoms with Crippen LogP contribution in [-0.2, 0) is 15.9 Å². The topological polar surface area (TPSA) is 63.6 Å². The summed E-state index contributed by atoms with van der Waals surface area (Å²) in [6, 6.07) is 0.373. The highest BCUT2D eigenvalue weighted by Gasteiger charge is 2.14. The highest BCUT2D eigenvalue weighted by molar-refractivity contribution is 7.09. The predicted molar refractivity (Wildman–Crippen MR) is 79.2 cm³/mol. The third-order valence-corrected chi connectivity index (χ3v) is 4.43. The van der Waals surface area contributed by atoms with Crippen molar-refractivity contribution in [3.8, 4) is 0 Å². The van der Waals surface area contributed by atoms with E-state index in [-0.39, 0.29) is 0 Å². The monoisotopic (exact) mass is 300 g/mol. The third-order valence-electron chi connectivity index (χ3n) is 3.43. The maximum Gasteiger partial charge on any atom is 0.0897 e. The number of rotatable bonds is 8. The maximum absolute atomic E-state index is 9.85. The molecular formula is C14H24N2O3S. The van der Waals surface area contributed by atoms with Gasteiger partial charge in [0.1, 0.15) is 0 Å². The van der Waals surface area contributed by atoms with Crippen molar-refractivity contribution in [2.24, 2.45) is 0 Å². The number of nitrogens with zero attached hydrogens (tertiary/aromatic N) is 1. The Labute approximate surface area is 124 Å². The Morgan fingerprint density at radius 2 is 2.55 bits per heavy atom. The Kier molecular flexibility index (Phi) is 6.89. The Morgan fingerprint density at radius 3 is 3.25 bits per heavy atom. The maximum atomic E-state index is 9.85. The average Bonchev–Trinajstić information content (AvgIpc) is 2.88. The molecule has 0 spiro atoms. The molecule has 114 valence electrons. The number of nitrogens with one attached hydrogen (secondary N) is 1. The zero-order valence-electron chi connectivity index (χ0n) is 12.0.